The van der Waals surface area contributed by atoms with Crippen molar-refractivity contribution >= 4 is 17.4 Å². The molecule has 0 fully saturated rings. The molecular weight excluding hydrogens is 260 g/mol. The number of rotatable bonds is 2. The Bertz CT molecular complexity index is 826. The van der Waals surface area contributed by atoms with E-state index >= 15 is 0 Å². The molecule has 0 radical (unpaired) electrons. The monoisotopic (exact) mass is 270 g/mol. The number of hydrogen-bond acceptors (Lipinski definition) is 5. The van der Waals surface area contributed by atoms with Crippen LogP contribution in [-0.2, 0) is 0 Å². The molecule has 4 N–H and O–H groups in total. The van der Waals surface area contributed by atoms with Crippen molar-refractivity contribution in [2.24, 2.45) is 0 Å². The molecule has 2 aromatic heterocycles. The minimum absolute atomic E-state index is 0.0335. The molecule has 0 amide bonds. The molecule has 20 heavy (non-hydrogen) atoms. The molecule has 3 rings (SSSR count). The zero-order valence-corrected chi connectivity index (χ0v) is 10.2. The number of aromatic hydroxyl groups is 1. The number of nitrogen functional groups attached to an aromatic ring is 1. The van der Waals surface area contributed by atoms with Crippen LogP contribution in [-0.4, -0.2) is 30.8 Å². The van der Waals surface area contributed by atoms with Gasteiger partial charge < -0.3 is 15.9 Å². The summed E-state index contributed by atoms with van der Waals surface area (Å²) in [5, 5.41) is 22.9. The predicted molar refractivity (Wildman–Crippen MR) is 71.5 cm³/mol. The minimum Gasteiger partial charge on any atom is -0.507 e. The number of para-hydroxylation sites is 1. The summed E-state index contributed by atoms with van der Waals surface area (Å²) in [6.45, 7) is 0. The highest BCUT2D eigenvalue weighted by Gasteiger charge is 2.14. The van der Waals surface area contributed by atoms with Crippen LogP contribution in [0.1, 0.15) is 10.4 Å². The van der Waals surface area contributed by atoms with Crippen LogP contribution < -0.4 is 5.73 Å². The van der Waals surface area contributed by atoms with Gasteiger partial charge in [-0.1, -0.05) is 12.1 Å². The first-order chi connectivity index (χ1) is 9.56. The molecule has 0 aliphatic rings. The lowest BCUT2D eigenvalue weighted by atomic mass is 10.2. The third kappa shape index (κ3) is 1.81. The first-order valence-corrected chi connectivity index (χ1v) is 5.74. The second kappa shape index (κ2) is 4.23. The molecule has 0 atom stereocenters. The maximum atomic E-state index is 11.0. The topological polar surface area (TPSA) is 114 Å². The number of aromatic carboxylic acids is 1. The number of phenolic OH excluding ortho intramolecular Hbond substituents is 1. The van der Waals surface area contributed by atoms with Crippen LogP contribution in [0.2, 0.25) is 0 Å². The van der Waals surface area contributed by atoms with Crippen molar-refractivity contribution in [1.82, 2.24) is 14.6 Å². The Balaban J connectivity index is 2.23. The Kier molecular flexibility index (Phi) is 2.53. The van der Waals surface area contributed by atoms with Gasteiger partial charge in [-0.2, -0.15) is 4.52 Å². The highest BCUT2D eigenvalue weighted by atomic mass is 16.4. The fraction of sp³-hybridized carbons (Fsp3) is 0. The lowest BCUT2D eigenvalue weighted by molar-refractivity contribution is 0.0697. The van der Waals surface area contributed by atoms with E-state index in [2.05, 4.69) is 10.1 Å². The van der Waals surface area contributed by atoms with Gasteiger partial charge in [0.15, 0.2) is 11.5 Å². The molecule has 0 aliphatic carbocycles. The standard InChI is InChI=1S/C13H10N4O3/c14-10-5-7(13(19)20)6-11-15-12(16-17(10)11)8-3-1-2-4-9(8)18/h1-6,18H,14H2,(H,19,20). The first-order valence-electron chi connectivity index (χ1n) is 5.74. The quantitative estimate of drug-likeness (QED) is 0.648. The number of carboxylic acid groups (broad SMARTS) is 1. The van der Waals surface area contributed by atoms with Crippen LogP contribution in [0, 0.1) is 0 Å². The van der Waals surface area contributed by atoms with Crippen molar-refractivity contribution in [3.05, 3.63) is 42.0 Å². The fourth-order valence-electron chi connectivity index (χ4n) is 1.91. The molecule has 0 bridgehead atoms. The van der Waals surface area contributed by atoms with Crippen LogP contribution in [0.15, 0.2) is 36.4 Å². The highest BCUT2D eigenvalue weighted by Crippen LogP contribution is 2.26. The lowest BCUT2D eigenvalue weighted by Crippen LogP contribution is -2.03. The van der Waals surface area contributed by atoms with Gasteiger partial charge in [-0.05, 0) is 24.3 Å². The van der Waals surface area contributed by atoms with E-state index in [1.807, 2.05) is 0 Å². The van der Waals surface area contributed by atoms with Gasteiger partial charge in [-0.15, -0.1) is 5.10 Å². The van der Waals surface area contributed by atoms with Gasteiger partial charge in [0.05, 0.1) is 11.1 Å². The van der Waals surface area contributed by atoms with E-state index in [0.717, 1.165) is 0 Å². The summed E-state index contributed by atoms with van der Waals surface area (Å²) in [7, 11) is 0. The van der Waals surface area contributed by atoms with E-state index in [9.17, 15) is 9.90 Å². The Hall–Kier alpha value is -3.09. The van der Waals surface area contributed by atoms with E-state index in [-0.39, 0.29) is 23.0 Å². The lowest BCUT2D eigenvalue weighted by Gasteiger charge is -1.99. The molecule has 7 nitrogen and oxygen atoms in total. The maximum Gasteiger partial charge on any atom is 0.335 e. The van der Waals surface area contributed by atoms with Gasteiger partial charge in [0.2, 0.25) is 0 Å². The molecule has 7 heteroatoms. The highest BCUT2D eigenvalue weighted by molar-refractivity contribution is 5.90. The second-order valence-electron chi connectivity index (χ2n) is 4.20. The third-order valence-electron chi connectivity index (χ3n) is 2.86. The normalized spacial score (nSPS) is 10.8. The maximum absolute atomic E-state index is 11.0. The Morgan fingerprint density at radius 2 is 2.00 bits per heavy atom. The summed E-state index contributed by atoms with van der Waals surface area (Å²) in [6, 6.07) is 9.29. The molecule has 3 aromatic rings. The number of nitrogens with zero attached hydrogens (tertiary/aromatic N) is 3. The number of fused-ring (bicyclic) bond motifs is 1. The predicted octanol–water partition coefficient (Wildman–Crippen LogP) is 1.38. The summed E-state index contributed by atoms with van der Waals surface area (Å²) in [5.74, 6) is -0.613. The number of nitrogens with two attached hydrogens (primary N) is 1. The SMILES string of the molecule is Nc1cc(C(=O)O)cc2nc(-c3ccccc3O)nn12. The molecule has 1 aromatic carbocycles. The fourth-order valence-corrected chi connectivity index (χ4v) is 1.91. The minimum atomic E-state index is -1.09. The average Bonchev–Trinajstić information content (AvgIpc) is 2.83. The van der Waals surface area contributed by atoms with Crippen LogP contribution in [0.3, 0.4) is 0 Å². The van der Waals surface area contributed by atoms with E-state index in [4.69, 9.17) is 10.8 Å². The summed E-state index contributed by atoms with van der Waals surface area (Å²) in [4.78, 5) is 15.2. The number of carbonyl (C=O) groups is 1. The summed E-state index contributed by atoms with van der Waals surface area (Å²) in [5.41, 5.74) is 6.55. The Labute approximate surface area is 112 Å². The van der Waals surface area contributed by atoms with Crippen LogP contribution in [0.25, 0.3) is 17.0 Å². The van der Waals surface area contributed by atoms with Gasteiger partial charge in [-0.25, -0.2) is 9.78 Å². The van der Waals surface area contributed by atoms with Crippen LogP contribution in [0.4, 0.5) is 5.82 Å². The molecule has 0 saturated carbocycles. The molecule has 0 saturated heterocycles. The number of phenols is 1. The van der Waals surface area contributed by atoms with Crippen LogP contribution >= 0.6 is 0 Å². The second-order valence-corrected chi connectivity index (χ2v) is 4.20. The van der Waals surface area contributed by atoms with E-state index in [1.54, 1.807) is 18.2 Å². The summed E-state index contributed by atoms with van der Waals surface area (Å²) >= 11 is 0. The zero-order chi connectivity index (χ0) is 14.3. The molecule has 0 aliphatic heterocycles. The molecular formula is C13H10N4O3. The number of aromatic nitrogens is 3. The first kappa shape index (κ1) is 12.0. The van der Waals surface area contributed by atoms with Gasteiger partial charge in [0.1, 0.15) is 11.6 Å². The van der Waals surface area contributed by atoms with Crippen molar-refractivity contribution in [1.29, 1.82) is 0 Å². The van der Waals surface area contributed by atoms with E-state index < -0.39 is 5.97 Å². The van der Waals surface area contributed by atoms with Crippen molar-refractivity contribution in [3.63, 3.8) is 0 Å². The Morgan fingerprint density at radius 1 is 1.25 bits per heavy atom. The van der Waals surface area contributed by atoms with Gasteiger partial charge >= 0.3 is 5.97 Å². The molecule has 0 unspecified atom stereocenters. The number of benzene rings is 1. The Morgan fingerprint density at radius 3 is 2.70 bits per heavy atom. The van der Waals surface area contributed by atoms with Gasteiger partial charge in [0, 0.05) is 0 Å². The molecule has 100 valence electrons. The van der Waals surface area contributed by atoms with E-state index in [0.29, 0.717) is 11.2 Å². The van der Waals surface area contributed by atoms with Crippen molar-refractivity contribution in [3.8, 4) is 17.1 Å². The number of anilines is 1. The smallest absolute Gasteiger partial charge is 0.335 e. The largest absolute Gasteiger partial charge is 0.507 e. The van der Waals surface area contributed by atoms with Crippen molar-refractivity contribution in [2.45, 2.75) is 0 Å². The van der Waals surface area contributed by atoms with Gasteiger partial charge in [0.25, 0.3) is 0 Å². The van der Waals surface area contributed by atoms with Crippen molar-refractivity contribution in [2.75, 3.05) is 5.73 Å². The van der Waals surface area contributed by atoms with Crippen LogP contribution in [0.5, 0.6) is 5.75 Å². The van der Waals surface area contributed by atoms with Gasteiger partial charge in [-0.3, -0.25) is 0 Å². The number of pyridine rings is 1. The molecule has 0 spiro atoms. The van der Waals surface area contributed by atoms with E-state index in [1.165, 1.54) is 22.7 Å². The average molecular weight is 270 g/mol. The third-order valence-corrected chi connectivity index (χ3v) is 2.86. The summed E-state index contributed by atoms with van der Waals surface area (Å²) < 4.78 is 1.33. The number of hydrogen-bond donors (Lipinski definition) is 3. The zero-order valence-electron chi connectivity index (χ0n) is 10.2. The van der Waals surface area contributed by atoms with Crippen molar-refractivity contribution < 1.29 is 15.0 Å². The number of carboxylic acids is 1. The molecule has 2 heterocycles. The summed E-state index contributed by atoms with van der Waals surface area (Å²) in [6.07, 6.45) is 0.